The van der Waals surface area contributed by atoms with Gasteiger partial charge in [0.05, 0.1) is 28.7 Å². The minimum absolute atomic E-state index is 0.0286. The molecule has 1 aliphatic rings. The number of imidazole rings is 1. The molecule has 0 saturated carbocycles. The highest BCUT2D eigenvalue weighted by Crippen LogP contribution is 2.29. The number of nitrogens with zero attached hydrogens (tertiary/aromatic N) is 5. The van der Waals surface area contributed by atoms with Crippen LogP contribution in [0.5, 0.6) is 5.75 Å². The van der Waals surface area contributed by atoms with Crippen LogP contribution in [0.4, 0.5) is 17.1 Å². The molecule has 2 heterocycles. The number of rotatable bonds is 39. The zero-order valence-electron chi connectivity index (χ0n) is 53.1. The normalized spacial score (nSPS) is 15.2. The van der Waals surface area contributed by atoms with Crippen LogP contribution in [0.15, 0.2) is 90.3 Å². The summed E-state index contributed by atoms with van der Waals surface area (Å²) in [5.74, 6) is -11.3. The lowest BCUT2D eigenvalue weighted by Crippen LogP contribution is -2.62. The van der Waals surface area contributed by atoms with E-state index >= 15 is 0 Å². The predicted molar refractivity (Wildman–Crippen MR) is 343 cm³/mol. The molecule has 5 rings (SSSR count). The third kappa shape index (κ3) is 24.0. The Morgan fingerprint density at radius 3 is 1.96 bits per heavy atom. The van der Waals surface area contributed by atoms with Gasteiger partial charge in [0.15, 0.2) is 5.96 Å². The molecule has 9 atom stereocenters. The monoisotopic (exact) mass is 1320 g/mol. The molecule has 0 spiro atoms. The molecule has 1 aliphatic heterocycles. The molecule has 1 fully saturated rings. The Labute approximate surface area is 546 Å². The number of carboxylic acids is 2. The minimum Gasteiger partial charge on any atom is -0.508 e. The molecule has 514 valence electrons. The Bertz CT molecular complexity index is 3350. The summed E-state index contributed by atoms with van der Waals surface area (Å²) in [5, 5.41) is 73.8. The molecule has 95 heavy (non-hydrogen) atoms. The Balaban J connectivity index is 1.31. The van der Waals surface area contributed by atoms with Crippen LogP contribution in [-0.4, -0.2) is 173 Å². The molecule has 4 aromatic rings. The Morgan fingerprint density at radius 2 is 1.34 bits per heavy atom. The van der Waals surface area contributed by atoms with Crippen molar-refractivity contribution in [3.63, 3.8) is 0 Å². The molecule has 3 aromatic carbocycles. The topological polar surface area (TPSA) is 510 Å². The van der Waals surface area contributed by atoms with Gasteiger partial charge in [-0.25, -0.2) is 9.78 Å². The first-order chi connectivity index (χ1) is 45.1. The lowest BCUT2D eigenvalue weighted by Gasteiger charge is -2.32. The number of benzene rings is 3. The van der Waals surface area contributed by atoms with E-state index in [1.54, 1.807) is 58.0 Å². The molecule has 16 N–H and O–H groups in total. The highest BCUT2D eigenvalue weighted by molar-refractivity contribution is 5.99. The number of H-pyrrole nitrogens is 1. The van der Waals surface area contributed by atoms with E-state index in [0.717, 1.165) is 12.1 Å². The number of unbranched alkanes of at least 4 members (excludes halogenated alkanes) is 2. The number of phenols is 1. The van der Waals surface area contributed by atoms with Crippen molar-refractivity contribution in [2.24, 2.45) is 28.3 Å². The van der Waals surface area contributed by atoms with Crippen molar-refractivity contribution >= 4 is 82.2 Å². The largest absolute Gasteiger partial charge is 0.508 e. The summed E-state index contributed by atoms with van der Waals surface area (Å²) in [6.07, 6.45) is 2.96. The smallest absolute Gasteiger partial charge is 0.326 e. The SMILES string of the molecule is CC[C@H](C)[C@H](NC(=O)[C@H](Cc1ccc(O)cc1)NC(=O)[C@@H](NC(=O)[C@H](CCCN=C(N)N)NC(=O)[C@H](CC(=O)O)NC(=O)CCCCCNc1ccc([N+](=O)[O-])cc1[N+](=O)[O-])C(C)C)C(=O)N[C@@H](Cc1cnc[nH]1)C(=O)N1CCC[C@H]1C(=O)N[C@@H](Cc1ccccc1)C(=O)O. The van der Waals surface area contributed by atoms with Crippen LogP contribution in [0.2, 0.25) is 0 Å². The number of nitro benzene ring substituents is 2. The molecule has 33 heteroatoms. The first kappa shape index (κ1) is 75.0. The molecular weight excluding hydrogens is 1240 g/mol. The number of hydrogen-bond acceptors (Lipinski definition) is 18. The van der Waals surface area contributed by atoms with Gasteiger partial charge in [0.2, 0.25) is 47.3 Å². The number of nitrogens with two attached hydrogens (primary N) is 2. The number of carbonyl (C=O) groups is 10. The molecule has 0 unspecified atom stereocenters. The highest BCUT2D eigenvalue weighted by Gasteiger charge is 2.41. The molecule has 0 aliphatic carbocycles. The fourth-order valence-electron chi connectivity index (χ4n) is 10.4. The Hall–Kier alpha value is -10.8. The van der Waals surface area contributed by atoms with Crippen LogP contribution in [0.1, 0.15) is 109 Å². The minimum atomic E-state index is -1.72. The lowest BCUT2D eigenvalue weighted by atomic mass is 9.96. The van der Waals surface area contributed by atoms with E-state index in [1.807, 2.05) is 0 Å². The number of anilines is 1. The van der Waals surface area contributed by atoms with Gasteiger partial charge in [-0.2, -0.15) is 0 Å². The number of nitrogens with one attached hydrogen (secondary N) is 9. The van der Waals surface area contributed by atoms with Crippen molar-refractivity contribution in [2.45, 2.75) is 160 Å². The Morgan fingerprint density at radius 1 is 0.705 bits per heavy atom. The van der Waals surface area contributed by atoms with Crippen LogP contribution < -0.4 is 54.0 Å². The second-order valence-corrected chi connectivity index (χ2v) is 23.3. The van der Waals surface area contributed by atoms with Crippen LogP contribution in [0.25, 0.3) is 0 Å². The van der Waals surface area contributed by atoms with Crippen molar-refractivity contribution in [2.75, 3.05) is 25.0 Å². The van der Waals surface area contributed by atoms with E-state index in [0.29, 0.717) is 42.5 Å². The van der Waals surface area contributed by atoms with Crippen LogP contribution in [0.3, 0.4) is 0 Å². The van der Waals surface area contributed by atoms with E-state index in [9.17, 15) is 83.5 Å². The summed E-state index contributed by atoms with van der Waals surface area (Å²) >= 11 is 0. The third-order valence-corrected chi connectivity index (χ3v) is 15.8. The van der Waals surface area contributed by atoms with Crippen molar-refractivity contribution in [3.05, 3.63) is 122 Å². The van der Waals surface area contributed by atoms with Crippen molar-refractivity contribution in [1.82, 2.24) is 52.1 Å². The maximum absolute atomic E-state index is 14.8. The number of aliphatic carboxylic acids is 2. The molecule has 33 nitrogen and oxygen atoms in total. The molecule has 1 saturated heterocycles. The Kier molecular flexibility index (Phi) is 29.2. The number of aromatic nitrogens is 2. The molecule has 8 amide bonds. The summed E-state index contributed by atoms with van der Waals surface area (Å²) in [7, 11) is 0. The van der Waals surface area contributed by atoms with Crippen molar-refractivity contribution in [3.8, 4) is 5.75 Å². The standard InChI is InChI=1S/C62H84N16O17/c1-5-36(4)53(59(88)72-46(30-39-33-65-34-68-39)60(89)76-27-13-17-48(76)57(86)73-47(61(90)91)29-37-14-8-6-9-15-37)75-56(85)44(28-38-19-22-41(79)23-20-38)71-58(87)52(35(2)3)74-54(83)43(16-12-26-67-62(63)64)70-55(84)45(32-51(81)82)69-50(80)18-10-7-11-25-66-42-24-21-40(77(92)93)31-49(42)78(94)95/h6,8-9,14-15,19-24,31,33-36,43-48,52-53,66,79H,5,7,10-13,16-18,25-30,32H2,1-4H3,(H,65,68)(H,69,80)(H,70,84)(H,71,87)(H,72,88)(H,73,86)(H,74,83)(H,75,85)(H,81,82)(H,90,91)(H4,63,64,67)/t36-,43-,44-,45-,46-,47-,48-,52-,53-/m0/s1. The van der Waals surface area contributed by atoms with E-state index < -0.39 is 147 Å². The number of phenolic OH excluding ortho intramolecular Hbond substituents is 1. The zero-order valence-corrected chi connectivity index (χ0v) is 53.1. The van der Waals surface area contributed by atoms with Gasteiger partial charge in [-0.1, -0.05) is 83.0 Å². The second-order valence-electron chi connectivity index (χ2n) is 23.3. The van der Waals surface area contributed by atoms with Gasteiger partial charge in [-0.05, 0) is 79.7 Å². The molecular formula is C62H84N16O17. The van der Waals surface area contributed by atoms with Crippen LogP contribution in [0, 0.1) is 32.1 Å². The van der Waals surface area contributed by atoms with Gasteiger partial charge in [0.25, 0.3) is 11.4 Å². The quantitative estimate of drug-likeness (QED) is 0.00985. The number of aromatic amines is 1. The summed E-state index contributed by atoms with van der Waals surface area (Å²) in [6, 6.07) is 6.12. The number of guanidine groups is 1. The maximum Gasteiger partial charge on any atom is 0.326 e. The van der Waals surface area contributed by atoms with Gasteiger partial charge < -0.3 is 79.2 Å². The average molecular weight is 1330 g/mol. The lowest BCUT2D eigenvalue weighted by molar-refractivity contribution is -0.393. The number of likely N-dealkylation sites (tertiary alicyclic amines) is 1. The fraction of sp³-hybridized carbons (Fsp3) is 0.484. The molecule has 0 radical (unpaired) electrons. The number of hydrogen-bond donors (Lipinski definition) is 14. The van der Waals surface area contributed by atoms with E-state index in [2.05, 4.69) is 57.5 Å². The first-order valence-corrected chi connectivity index (χ1v) is 31.0. The average Bonchev–Trinajstić information content (AvgIpc) is 1.79. The van der Waals surface area contributed by atoms with Gasteiger partial charge in [0.1, 0.15) is 59.8 Å². The van der Waals surface area contributed by atoms with Gasteiger partial charge in [0, 0.05) is 63.3 Å². The highest BCUT2D eigenvalue weighted by atomic mass is 16.6. The summed E-state index contributed by atoms with van der Waals surface area (Å²) < 4.78 is 0. The van der Waals surface area contributed by atoms with Crippen molar-refractivity contribution in [1.29, 1.82) is 0 Å². The number of non-ortho nitro benzene ring substituents is 1. The summed E-state index contributed by atoms with van der Waals surface area (Å²) in [6.45, 7) is 6.80. The number of carboxylic acid groups (broad SMARTS) is 2. The first-order valence-electron chi connectivity index (χ1n) is 31.0. The van der Waals surface area contributed by atoms with E-state index in [4.69, 9.17) is 11.5 Å². The maximum atomic E-state index is 14.8. The second kappa shape index (κ2) is 37.1. The van der Waals surface area contributed by atoms with E-state index in [-0.39, 0.29) is 88.4 Å². The number of aromatic hydroxyl groups is 1. The van der Waals surface area contributed by atoms with Gasteiger partial charge >= 0.3 is 11.9 Å². The third-order valence-electron chi connectivity index (χ3n) is 15.8. The van der Waals surface area contributed by atoms with Crippen LogP contribution in [-0.2, 0) is 67.2 Å². The predicted octanol–water partition coefficient (Wildman–Crippen LogP) is 1.33. The van der Waals surface area contributed by atoms with Crippen LogP contribution >= 0.6 is 0 Å². The molecule has 1 aromatic heterocycles. The van der Waals surface area contributed by atoms with Gasteiger partial charge in [-0.15, -0.1) is 0 Å². The number of aliphatic imine (C=N–C) groups is 1. The van der Waals surface area contributed by atoms with Gasteiger partial charge in [-0.3, -0.25) is 68.4 Å². The number of nitro groups is 2. The zero-order chi connectivity index (χ0) is 69.9. The van der Waals surface area contributed by atoms with Crippen molar-refractivity contribution < 1.29 is 73.1 Å². The number of amides is 8. The fourth-order valence-corrected chi connectivity index (χ4v) is 10.4. The molecule has 0 bridgehead atoms. The van der Waals surface area contributed by atoms with E-state index in [1.165, 1.54) is 47.8 Å². The number of carbonyl (C=O) groups excluding carboxylic acids is 8. The summed E-state index contributed by atoms with van der Waals surface area (Å²) in [5.41, 5.74) is 11.6. The summed E-state index contributed by atoms with van der Waals surface area (Å²) in [4.78, 5) is 172.